The van der Waals surface area contributed by atoms with E-state index < -0.39 is 35.2 Å². The first-order chi connectivity index (χ1) is 13.4. The second-order valence-electron chi connectivity index (χ2n) is 9.91. The Balaban J connectivity index is 2.16. The molecule has 0 saturated heterocycles. The zero-order valence-electron chi connectivity index (χ0n) is 17.7. The molecule has 3 N–H and O–H groups in total. The number of alkyl carbamates (subject to hydrolysis) is 1. The van der Waals surface area contributed by atoms with Gasteiger partial charge in [0.25, 0.3) is 0 Å². The molecule has 0 aliphatic heterocycles. The Morgan fingerprint density at radius 3 is 2.52 bits per heavy atom. The zero-order chi connectivity index (χ0) is 21.8. The Labute approximate surface area is 171 Å². The number of aliphatic hydroxyl groups is 1. The summed E-state index contributed by atoms with van der Waals surface area (Å²) in [5.41, 5.74) is -1.75. The summed E-state index contributed by atoms with van der Waals surface area (Å²) in [7, 11) is 0. The molecule has 0 spiro atoms. The minimum atomic E-state index is -1.49. The lowest BCUT2D eigenvalue weighted by Crippen LogP contribution is -2.63. The molecule has 7 heteroatoms. The maximum Gasteiger partial charge on any atom is 0.416 e. The van der Waals surface area contributed by atoms with Crippen molar-refractivity contribution in [3.8, 4) is 0 Å². The summed E-state index contributed by atoms with van der Waals surface area (Å²) in [5.74, 6) is -0.183. The van der Waals surface area contributed by atoms with E-state index in [1.807, 2.05) is 20.8 Å². The molecule has 2 bridgehead atoms. The molecular weight excluding hydrogens is 374 g/mol. The first-order valence-corrected chi connectivity index (χ1v) is 10.5. The highest BCUT2D eigenvalue weighted by atomic mass is 16.6. The number of ketones is 1. The van der Waals surface area contributed by atoms with Crippen LogP contribution >= 0.6 is 0 Å². The molecule has 0 aromatic carbocycles. The first kappa shape index (κ1) is 21.8. The van der Waals surface area contributed by atoms with Crippen molar-refractivity contribution < 1.29 is 29.3 Å². The number of amides is 2. The van der Waals surface area contributed by atoms with Crippen LogP contribution in [0.1, 0.15) is 59.8 Å². The largest absolute Gasteiger partial charge is 0.465 e. The number of Topliss-reactive ketones (excluding diaryl/α,β-unsaturated/α-hetero) is 1. The maximum atomic E-state index is 13.2. The number of aliphatic hydroxyl groups excluding tert-OH is 1. The van der Waals surface area contributed by atoms with Crippen molar-refractivity contribution in [1.29, 1.82) is 0 Å². The molecule has 3 rings (SSSR count). The molecule has 0 aromatic rings. The van der Waals surface area contributed by atoms with E-state index in [0.29, 0.717) is 6.42 Å². The van der Waals surface area contributed by atoms with E-state index in [0.717, 1.165) is 19.3 Å². The van der Waals surface area contributed by atoms with Crippen LogP contribution in [-0.2, 0) is 9.53 Å². The lowest BCUT2D eigenvalue weighted by Gasteiger charge is -2.61. The standard InChI is InChI=1S/C22H33NO6/c1-6-20(4)11-15(29-19(28)23-18(26)27)21(5)12(2)7-9-22(13(3)17(20)25)10-8-14(24)16(21)22/h6,12-13,15-17,25H,1,7-11H2,2-5H3,(H,23,28)(H,26,27)/t12?,13-,15+,16-,17-,20+,21-,22-/m0/s1. The first-order valence-electron chi connectivity index (χ1n) is 10.5. The van der Waals surface area contributed by atoms with E-state index in [1.54, 1.807) is 11.4 Å². The average Bonchev–Trinajstić information content (AvgIpc) is 3.00. The highest BCUT2D eigenvalue weighted by Crippen LogP contribution is 2.67. The van der Waals surface area contributed by atoms with E-state index in [1.165, 1.54) is 0 Å². The molecular formula is C22H33NO6. The summed E-state index contributed by atoms with van der Waals surface area (Å²) in [5, 5.41) is 22.0. The Morgan fingerprint density at radius 2 is 1.93 bits per heavy atom. The smallest absolute Gasteiger partial charge is 0.416 e. The molecule has 7 nitrogen and oxygen atoms in total. The molecule has 0 heterocycles. The van der Waals surface area contributed by atoms with Gasteiger partial charge in [-0.15, -0.1) is 6.58 Å². The predicted octanol–water partition coefficient (Wildman–Crippen LogP) is 3.75. The summed E-state index contributed by atoms with van der Waals surface area (Å²) in [4.78, 5) is 36.4. The fourth-order valence-corrected chi connectivity index (χ4v) is 6.75. The summed E-state index contributed by atoms with van der Waals surface area (Å²) >= 11 is 0. The van der Waals surface area contributed by atoms with Gasteiger partial charge in [-0.25, -0.2) is 14.9 Å². The van der Waals surface area contributed by atoms with E-state index in [2.05, 4.69) is 13.5 Å². The third-order valence-electron chi connectivity index (χ3n) is 8.76. The van der Waals surface area contributed by atoms with Crippen molar-refractivity contribution in [1.82, 2.24) is 5.32 Å². The molecule has 0 radical (unpaired) electrons. The molecule has 3 aliphatic carbocycles. The molecule has 8 atom stereocenters. The number of rotatable bonds is 2. The third-order valence-corrected chi connectivity index (χ3v) is 8.76. The van der Waals surface area contributed by atoms with Crippen LogP contribution in [0.5, 0.6) is 0 Å². The van der Waals surface area contributed by atoms with Crippen LogP contribution in [0.3, 0.4) is 0 Å². The fourth-order valence-electron chi connectivity index (χ4n) is 6.75. The molecule has 29 heavy (non-hydrogen) atoms. The quantitative estimate of drug-likeness (QED) is 0.601. The number of hydrogen-bond donors (Lipinski definition) is 3. The van der Waals surface area contributed by atoms with Crippen LogP contribution < -0.4 is 5.32 Å². The average molecular weight is 408 g/mol. The SMILES string of the molecule is C=C[C@]1(C)C[C@@H](OC(=O)NC(=O)O)[C@]2(C)C(C)CC[C@]3(CCC(=O)[C@H]32)[C@@H](C)[C@@H]1O. The van der Waals surface area contributed by atoms with E-state index in [4.69, 9.17) is 9.84 Å². The van der Waals surface area contributed by atoms with Crippen LogP contribution in [0, 0.1) is 34.0 Å². The lowest BCUT2D eigenvalue weighted by atomic mass is 9.44. The number of ether oxygens (including phenoxy) is 1. The molecule has 0 aromatic heterocycles. The van der Waals surface area contributed by atoms with Gasteiger partial charge in [0.1, 0.15) is 11.9 Å². The van der Waals surface area contributed by atoms with Crippen LogP contribution in [0.2, 0.25) is 0 Å². The van der Waals surface area contributed by atoms with E-state index in [-0.39, 0.29) is 35.4 Å². The summed E-state index contributed by atoms with van der Waals surface area (Å²) in [6.45, 7) is 11.9. The van der Waals surface area contributed by atoms with Crippen molar-refractivity contribution >= 4 is 18.0 Å². The highest BCUT2D eigenvalue weighted by molar-refractivity contribution is 5.87. The van der Waals surface area contributed by atoms with Crippen LogP contribution in [-0.4, -0.2) is 40.4 Å². The van der Waals surface area contributed by atoms with Crippen molar-refractivity contribution in [2.24, 2.45) is 34.0 Å². The number of nitrogens with one attached hydrogen (secondary N) is 1. The van der Waals surface area contributed by atoms with Gasteiger partial charge in [-0.3, -0.25) is 4.79 Å². The number of carboxylic acid groups (broad SMARTS) is 1. The van der Waals surface area contributed by atoms with Gasteiger partial charge in [0.15, 0.2) is 0 Å². The van der Waals surface area contributed by atoms with Crippen LogP contribution in [0.15, 0.2) is 12.7 Å². The Bertz CT molecular complexity index is 737. The second kappa shape index (κ2) is 7.11. The lowest BCUT2D eigenvalue weighted by molar-refractivity contribution is -0.191. The molecule has 1 unspecified atom stereocenters. The van der Waals surface area contributed by atoms with Gasteiger partial charge in [-0.2, -0.15) is 0 Å². The number of imide groups is 1. The summed E-state index contributed by atoms with van der Waals surface area (Å²) < 4.78 is 5.69. The number of carbonyl (C=O) groups excluding carboxylic acids is 2. The number of carbonyl (C=O) groups is 3. The van der Waals surface area contributed by atoms with Crippen molar-refractivity contribution in [2.75, 3.05) is 0 Å². The van der Waals surface area contributed by atoms with Crippen LogP contribution in [0.4, 0.5) is 9.59 Å². The molecule has 3 saturated carbocycles. The Kier molecular flexibility index (Phi) is 5.35. The Morgan fingerprint density at radius 1 is 1.28 bits per heavy atom. The normalized spacial score (nSPS) is 46.8. The van der Waals surface area contributed by atoms with E-state index >= 15 is 0 Å². The second-order valence-corrected chi connectivity index (χ2v) is 9.91. The van der Waals surface area contributed by atoms with Gasteiger partial charge in [-0.1, -0.05) is 33.8 Å². The number of hydrogen-bond acceptors (Lipinski definition) is 5. The fraction of sp³-hybridized carbons (Fsp3) is 0.773. The summed E-state index contributed by atoms with van der Waals surface area (Å²) in [6, 6.07) is 0. The van der Waals surface area contributed by atoms with Gasteiger partial charge in [0, 0.05) is 23.2 Å². The maximum absolute atomic E-state index is 13.2. The van der Waals surface area contributed by atoms with Crippen LogP contribution in [0.25, 0.3) is 0 Å². The van der Waals surface area contributed by atoms with E-state index in [9.17, 15) is 19.5 Å². The summed E-state index contributed by atoms with van der Waals surface area (Å²) in [6.07, 6.45) is 0.853. The minimum Gasteiger partial charge on any atom is -0.465 e. The topological polar surface area (TPSA) is 113 Å². The van der Waals surface area contributed by atoms with Gasteiger partial charge in [-0.05, 0) is 42.9 Å². The van der Waals surface area contributed by atoms with Gasteiger partial charge in [0.05, 0.1) is 6.10 Å². The molecule has 2 amide bonds. The molecule has 3 fully saturated rings. The predicted molar refractivity (Wildman–Crippen MR) is 106 cm³/mol. The van der Waals surface area contributed by atoms with Gasteiger partial charge < -0.3 is 14.9 Å². The molecule has 3 aliphatic rings. The van der Waals surface area contributed by atoms with Crippen molar-refractivity contribution in [3.63, 3.8) is 0 Å². The Hall–Kier alpha value is -1.89. The van der Waals surface area contributed by atoms with Crippen molar-refractivity contribution in [2.45, 2.75) is 72.0 Å². The van der Waals surface area contributed by atoms with Gasteiger partial charge >= 0.3 is 12.2 Å². The van der Waals surface area contributed by atoms with Crippen molar-refractivity contribution in [3.05, 3.63) is 12.7 Å². The third kappa shape index (κ3) is 3.09. The van der Waals surface area contributed by atoms with Gasteiger partial charge in [0.2, 0.25) is 0 Å². The molecule has 162 valence electrons. The zero-order valence-corrected chi connectivity index (χ0v) is 17.7. The highest BCUT2D eigenvalue weighted by Gasteiger charge is 2.68. The monoisotopic (exact) mass is 407 g/mol. The minimum absolute atomic E-state index is 0.0989.